The molecule has 2 rings (SSSR count). The van der Waals surface area contributed by atoms with Crippen LogP contribution in [-0.4, -0.2) is 6.54 Å². The van der Waals surface area contributed by atoms with Gasteiger partial charge < -0.3 is 5.32 Å². The zero-order chi connectivity index (χ0) is 15.4. The predicted octanol–water partition coefficient (Wildman–Crippen LogP) is 6.24. The lowest BCUT2D eigenvalue weighted by atomic mass is 10.0. The van der Waals surface area contributed by atoms with E-state index in [0.29, 0.717) is 20.7 Å². The molecule has 0 spiro atoms. The average molecular weight is 411 g/mol. The fourth-order valence-corrected chi connectivity index (χ4v) is 4.11. The third-order valence-electron chi connectivity index (χ3n) is 3.13. The SMILES string of the molecule is CCCNC(Cc1cc(Br)ccc1F)c1cc(Cl)sc1Cl. The van der Waals surface area contributed by atoms with Crippen LogP contribution in [0.3, 0.4) is 0 Å². The van der Waals surface area contributed by atoms with Gasteiger partial charge in [-0.15, -0.1) is 11.3 Å². The summed E-state index contributed by atoms with van der Waals surface area (Å²) in [6, 6.07) is 6.78. The predicted molar refractivity (Wildman–Crippen MR) is 93.2 cm³/mol. The molecule has 1 unspecified atom stereocenters. The van der Waals surface area contributed by atoms with Crippen molar-refractivity contribution in [1.82, 2.24) is 5.32 Å². The van der Waals surface area contributed by atoms with Gasteiger partial charge in [-0.25, -0.2) is 4.39 Å². The standard InChI is InChI=1S/C15H15BrCl2FNS/c1-2-5-20-13(11-8-14(17)21-15(11)18)7-9-6-10(16)3-4-12(9)19/h3-4,6,8,13,20H,2,5,7H2,1H3. The summed E-state index contributed by atoms with van der Waals surface area (Å²) in [7, 11) is 0. The van der Waals surface area contributed by atoms with Crippen molar-refractivity contribution in [2.45, 2.75) is 25.8 Å². The summed E-state index contributed by atoms with van der Waals surface area (Å²) < 4.78 is 16.1. The Morgan fingerprint density at radius 1 is 1.33 bits per heavy atom. The molecule has 1 heterocycles. The third kappa shape index (κ3) is 4.67. The molecule has 0 amide bonds. The average Bonchev–Trinajstić information content (AvgIpc) is 2.77. The summed E-state index contributed by atoms with van der Waals surface area (Å²) in [5.74, 6) is -0.209. The monoisotopic (exact) mass is 409 g/mol. The number of hydrogen-bond donors (Lipinski definition) is 1. The van der Waals surface area contributed by atoms with Gasteiger partial charge in [0, 0.05) is 16.1 Å². The van der Waals surface area contributed by atoms with Gasteiger partial charge in [-0.1, -0.05) is 46.1 Å². The number of nitrogens with one attached hydrogen (secondary N) is 1. The highest BCUT2D eigenvalue weighted by Gasteiger charge is 2.19. The third-order valence-corrected chi connectivity index (χ3v) is 5.14. The van der Waals surface area contributed by atoms with Crippen LogP contribution >= 0.6 is 50.5 Å². The van der Waals surface area contributed by atoms with E-state index >= 15 is 0 Å². The highest BCUT2D eigenvalue weighted by molar-refractivity contribution is 9.10. The Kier molecular flexibility index (Phi) is 6.51. The second kappa shape index (κ2) is 7.93. The Labute approximate surface area is 146 Å². The van der Waals surface area contributed by atoms with E-state index in [9.17, 15) is 4.39 Å². The van der Waals surface area contributed by atoms with E-state index in [2.05, 4.69) is 28.2 Å². The van der Waals surface area contributed by atoms with E-state index in [4.69, 9.17) is 23.2 Å². The van der Waals surface area contributed by atoms with Crippen LogP contribution in [0.4, 0.5) is 4.39 Å². The van der Waals surface area contributed by atoms with Gasteiger partial charge in [0.2, 0.25) is 0 Å². The van der Waals surface area contributed by atoms with Crippen molar-refractivity contribution in [3.05, 3.63) is 54.4 Å². The Hall–Kier alpha value is -0.130. The molecule has 1 atom stereocenters. The minimum absolute atomic E-state index is 0.0509. The van der Waals surface area contributed by atoms with Crippen LogP contribution in [0.1, 0.15) is 30.5 Å². The largest absolute Gasteiger partial charge is 0.310 e. The molecule has 0 saturated heterocycles. The van der Waals surface area contributed by atoms with E-state index in [0.717, 1.165) is 23.0 Å². The number of thiophene rings is 1. The highest BCUT2D eigenvalue weighted by atomic mass is 79.9. The minimum Gasteiger partial charge on any atom is -0.310 e. The Balaban J connectivity index is 2.28. The molecule has 1 aromatic carbocycles. The lowest BCUT2D eigenvalue weighted by Gasteiger charge is -2.19. The molecule has 1 N–H and O–H groups in total. The normalized spacial score (nSPS) is 12.6. The molecule has 0 radical (unpaired) electrons. The zero-order valence-electron chi connectivity index (χ0n) is 11.4. The molecular formula is C15H15BrCl2FNS. The van der Waals surface area contributed by atoms with Crippen molar-refractivity contribution < 1.29 is 4.39 Å². The summed E-state index contributed by atoms with van der Waals surface area (Å²) in [5, 5.41) is 3.42. The lowest BCUT2D eigenvalue weighted by molar-refractivity contribution is 0.514. The maximum atomic E-state index is 14.0. The van der Waals surface area contributed by atoms with Gasteiger partial charge in [0.05, 0.1) is 8.67 Å². The van der Waals surface area contributed by atoms with Crippen molar-refractivity contribution in [1.29, 1.82) is 0 Å². The van der Waals surface area contributed by atoms with Gasteiger partial charge in [-0.3, -0.25) is 0 Å². The molecule has 0 aliphatic carbocycles. The quantitative estimate of drug-likeness (QED) is 0.594. The molecule has 21 heavy (non-hydrogen) atoms. The summed E-state index contributed by atoms with van der Waals surface area (Å²) in [6.45, 7) is 2.93. The first-order valence-electron chi connectivity index (χ1n) is 6.63. The van der Waals surface area contributed by atoms with Gasteiger partial charge in [0.25, 0.3) is 0 Å². The molecule has 0 saturated carbocycles. The molecule has 0 bridgehead atoms. The van der Waals surface area contributed by atoms with Crippen LogP contribution < -0.4 is 5.32 Å². The van der Waals surface area contributed by atoms with Crippen LogP contribution in [0.25, 0.3) is 0 Å². The highest BCUT2D eigenvalue weighted by Crippen LogP contribution is 2.36. The summed E-state index contributed by atoms with van der Waals surface area (Å²) in [5.41, 5.74) is 1.58. The van der Waals surface area contributed by atoms with E-state index < -0.39 is 0 Å². The molecule has 6 heteroatoms. The van der Waals surface area contributed by atoms with Crippen LogP contribution in [-0.2, 0) is 6.42 Å². The first-order chi connectivity index (χ1) is 10.0. The summed E-state index contributed by atoms with van der Waals surface area (Å²) in [4.78, 5) is 0. The summed E-state index contributed by atoms with van der Waals surface area (Å²) >= 11 is 17.0. The van der Waals surface area contributed by atoms with E-state index in [1.807, 2.05) is 6.07 Å². The summed E-state index contributed by atoms with van der Waals surface area (Å²) in [6.07, 6.45) is 1.52. The van der Waals surface area contributed by atoms with Gasteiger partial charge in [-0.05, 0) is 49.2 Å². The fourth-order valence-electron chi connectivity index (χ4n) is 2.12. The van der Waals surface area contributed by atoms with Crippen molar-refractivity contribution >= 4 is 50.5 Å². The zero-order valence-corrected chi connectivity index (χ0v) is 15.3. The van der Waals surface area contributed by atoms with Crippen LogP contribution in [0.5, 0.6) is 0 Å². The molecule has 0 fully saturated rings. The van der Waals surface area contributed by atoms with Gasteiger partial charge >= 0.3 is 0 Å². The number of rotatable bonds is 6. The number of halogens is 4. The molecule has 2 aromatic rings. The maximum Gasteiger partial charge on any atom is 0.126 e. The van der Waals surface area contributed by atoms with Gasteiger partial charge in [-0.2, -0.15) is 0 Å². The minimum atomic E-state index is -0.209. The Morgan fingerprint density at radius 2 is 2.10 bits per heavy atom. The molecule has 0 aliphatic heterocycles. The van der Waals surface area contributed by atoms with Crippen LogP contribution in [0.15, 0.2) is 28.7 Å². The molecular weight excluding hydrogens is 396 g/mol. The van der Waals surface area contributed by atoms with Crippen molar-refractivity contribution in [2.75, 3.05) is 6.54 Å². The first-order valence-corrected chi connectivity index (χ1v) is 8.99. The van der Waals surface area contributed by atoms with E-state index in [-0.39, 0.29) is 11.9 Å². The van der Waals surface area contributed by atoms with Gasteiger partial charge in [0.15, 0.2) is 0 Å². The van der Waals surface area contributed by atoms with E-state index in [1.54, 1.807) is 12.1 Å². The van der Waals surface area contributed by atoms with Crippen molar-refractivity contribution in [2.24, 2.45) is 0 Å². The maximum absolute atomic E-state index is 14.0. The number of benzene rings is 1. The van der Waals surface area contributed by atoms with Gasteiger partial charge in [0.1, 0.15) is 5.82 Å². The second-order valence-corrected chi connectivity index (χ2v) is 7.93. The lowest BCUT2D eigenvalue weighted by Crippen LogP contribution is -2.24. The molecule has 114 valence electrons. The topological polar surface area (TPSA) is 12.0 Å². The first kappa shape index (κ1) is 17.2. The molecule has 0 aliphatic rings. The molecule has 1 nitrogen and oxygen atoms in total. The number of hydrogen-bond acceptors (Lipinski definition) is 2. The van der Waals surface area contributed by atoms with Crippen LogP contribution in [0, 0.1) is 5.82 Å². The Morgan fingerprint density at radius 3 is 2.71 bits per heavy atom. The molecule has 1 aromatic heterocycles. The fraction of sp³-hybridized carbons (Fsp3) is 0.333. The van der Waals surface area contributed by atoms with Crippen molar-refractivity contribution in [3.8, 4) is 0 Å². The Bertz CT molecular complexity index is 618. The second-order valence-electron chi connectivity index (χ2n) is 4.73. The van der Waals surface area contributed by atoms with Crippen LogP contribution in [0.2, 0.25) is 8.67 Å². The smallest absolute Gasteiger partial charge is 0.126 e. The van der Waals surface area contributed by atoms with Crippen molar-refractivity contribution in [3.63, 3.8) is 0 Å². The van der Waals surface area contributed by atoms with E-state index in [1.165, 1.54) is 17.4 Å².